The van der Waals surface area contributed by atoms with Crippen molar-refractivity contribution in [2.45, 2.75) is 65.9 Å². The summed E-state index contributed by atoms with van der Waals surface area (Å²) < 4.78 is 4.99. The fraction of sp³-hybridized carbons (Fsp3) is 0.682. The molecule has 0 aromatic rings. The number of aliphatic hydroxyl groups is 1. The SMILES string of the molecule is CC(=O)OC/C(=C/C(=O)O)CC[C@@H]1C(C=O)=C[C@H](O)[C@@H]2C(C)(C)CCC[C@]12C. The van der Waals surface area contributed by atoms with Gasteiger partial charge < -0.3 is 14.9 Å². The van der Waals surface area contributed by atoms with Crippen LogP contribution in [0.3, 0.4) is 0 Å². The predicted molar refractivity (Wildman–Crippen MR) is 104 cm³/mol. The highest BCUT2D eigenvalue weighted by molar-refractivity contribution is 5.81. The molecule has 1 fully saturated rings. The minimum absolute atomic E-state index is 0.0304. The maximum Gasteiger partial charge on any atom is 0.328 e. The number of fused-ring (bicyclic) bond motifs is 1. The highest BCUT2D eigenvalue weighted by atomic mass is 16.5. The van der Waals surface area contributed by atoms with Gasteiger partial charge in [-0.2, -0.15) is 0 Å². The summed E-state index contributed by atoms with van der Waals surface area (Å²) in [5, 5.41) is 19.9. The van der Waals surface area contributed by atoms with E-state index in [1.165, 1.54) is 6.92 Å². The summed E-state index contributed by atoms with van der Waals surface area (Å²) in [6, 6.07) is 0. The molecule has 6 nitrogen and oxygen atoms in total. The molecule has 6 heteroatoms. The molecule has 0 aromatic carbocycles. The Bertz CT molecular complexity index is 689. The van der Waals surface area contributed by atoms with Crippen LogP contribution in [0.1, 0.15) is 59.8 Å². The maximum atomic E-state index is 11.8. The van der Waals surface area contributed by atoms with Crippen molar-refractivity contribution in [3.63, 3.8) is 0 Å². The number of esters is 1. The Morgan fingerprint density at radius 2 is 1.96 bits per heavy atom. The van der Waals surface area contributed by atoms with E-state index in [1.54, 1.807) is 6.08 Å². The zero-order valence-corrected chi connectivity index (χ0v) is 17.2. The molecule has 0 aliphatic heterocycles. The fourth-order valence-electron chi connectivity index (χ4n) is 5.66. The quantitative estimate of drug-likeness (QED) is 0.392. The van der Waals surface area contributed by atoms with Crippen LogP contribution in [0.2, 0.25) is 0 Å². The van der Waals surface area contributed by atoms with Gasteiger partial charge in [-0.05, 0) is 65.6 Å². The molecule has 4 atom stereocenters. The number of ether oxygens (including phenoxy) is 1. The lowest BCUT2D eigenvalue weighted by molar-refractivity contribution is -0.140. The van der Waals surface area contributed by atoms with Gasteiger partial charge in [0.2, 0.25) is 0 Å². The predicted octanol–water partition coefficient (Wildman–Crippen LogP) is 3.29. The molecule has 2 rings (SSSR count). The van der Waals surface area contributed by atoms with E-state index in [-0.39, 0.29) is 29.3 Å². The Morgan fingerprint density at radius 1 is 1.29 bits per heavy atom. The van der Waals surface area contributed by atoms with E-state index in [2.05, 4.69) is 20.8 Å². The second kappa shape index (κ2) is 8.60. The normalized spacial score (nSPS) is 32.1. The van der Waals surface area contributed by atoms with Crippen molar-refractivity contribution in [3.8, 4) is 0 Å². The van der Waals surface area contributed by atoms with Crippen LogP contribution in [0, 0.1) is 22.7 Å². The number of rotatable bonds is 7. The topological polar surface area (TPSA) is 101 Å². The molecule has 2 aliphatic rings. The van der Waals surface area contributed by atoms with Gasteiger partial charge >= 0.3 is 11.9 Å². The molecule has 0 amide bonds. The fourth-order valence-corrected chi connectivity index (χ4v) is 5.66. The lowest BCUT2D eigenvalue weighted by Crippen LogP contribution is -2.54. The molecule has 0 heterocycles. The van der Waals surface area contributed by atoms with Gasteiger partial charge in [0.15, 0.2) is 0 Å². The van der Waals surface area contributed by atoms with E-state index < -0.39 is 18.0 Å². The third-order valence-corrected chi connectivity index (χ3v) is 6.67. The van der Waals surface area contributed by atoms with Crippen LogP contribution >= 0.6 is 0 Å². The van der Waals surface area contributed by atoms with Gasteiger partial charge in [0, 0.05) is 13.0 Å². The molecule has 0 bridgehead atoms. The standard InChI is InChI=1S/C22H32O6/c1-14(24)28-13-15(10-19(26)27)6-7-17-16(12-23)11-18(25)20-21(2,3)8-5-9-22(17,20)4/h10-12,17-18,20,25H,5-9,13H2,1-4H3,(H,26,27)/b15-10+/t17-,18+,20-,22-/m1/s1. The van der Waals surface area contributed by atoms with E-state index in [4.69, 9.17) is 9.84 Å². The number of aliphatic carboxylic acids is 1. The molecule has 2 aliphatic carbocycles. The van der Waals surface area contributed by atoms with Crippen molar-refractivity contribution in [2.24, 2.45) is 22.7 Å². The second-order valence-corrected chi connectivity index (χ2v) is 9.11. The molecular formula is C22H32O6. The number of aldehydes is 1. The lowest BCUT2D eigenvalue weighted by atomic mass is 9.47. The number of hydrogen-bond donors (Lipinski definition) is 2. The molecule has 156 valence electrons. The van der Waals surface area contributed by atoms with Crippen molar-refractivity contribution in [3.05, 3.63) is 23.3 Å². The number of carboxylic acids is 1. The third kappa shape index (κ3) is 4.72. The minimum Gasteiger partial charge on any atom is -0.478 e. The number of aliphatic hydroxyl groups excluding tert-OH is 1. The van der Waals surface area contributed by atoms with E-state index in [0.29, 0.717) is 24.0 Å². The second-order valence-electron chi connectivity index (χ2n) is 9.11. The summed E-state index contributed by atoms with van der Waals surface area (Å²) in [5.74, 6) is -1.60. The Labute approximate surface area is 166 Å². The summed E-state index contributed by atoms with van der Waals surface area (Å²) in [5.41, 5.74) is 0.801. The summed E-state index contributed by atoms with van der Waals surface area (Å²) in [4.78, 5) is 34.0. The average Bonchev–Trinajstić information content (AvgIpc) is 2.56. The molecular weight excluding hydrogens is 360 g/mol. The van der Waals surface area contributed by atoms with Crippen LogP contribution < -0.4 is 0 Å². The van der Waals surface area contributed by atoms with Crippen LogP contribution in [-0.2, 0) is 19.1 Å². The van der Waals surface area contributed by atoms with Gasteiger partial charge in [-0.1, -0.05) is 27.2 Å². The highest BCUT2D eigenvalue weighted by Crippen LogP contribution is 2.60. The van der Waals surface area contributed by atoms with E-state index >= 15 is 0 Å². The smallest absolute Gasteiger partial charge is 0.328 e. The number of allylic oxidation sites excluding steroid dienone is 1. The van der Waals surface area contributed by atoms with Gasteiger partial charge in [0.1, 0.15) is 12.9 Å². The van der Waals surface area contributed by atoms with Crippen molar-refractivity contribution in [1.82, 2.24) is 0 Å². The third-order valence-electron chi connectivity index (χ3n) is 6.67. The van der Waals surface area contributed by atoms with Crippen LogP contribution in [-0.4, -0.2) is 41.1 Å². The van der Waals surface area contributed by atoms with Crippen LogP contribution in [0.25, 0.3) is 0 Å². The van der Waals surface area contributed by atoms with Crippen molar-refractivity contribution < 1.29 is 29.3 Å². The van der Waals surface area contributed by atoms with Crippen molar-refractivity contribution in [1.29, 1.82) is 0 Å². The molecule has 28 heavy (non-hydrogen) atoms. The summed E-state index contributed by atoms with van der Waals surface area (Å²) in [6.45, 7) is 7.71. The molecule has 1 saturated carbocycles. The first-order valence-corrected chi connectivity index (χ1v) is 9.92. The van der Waals surface area contributed by atoms with Gasteiger partial charge in [-0.25, -0.2) is 4.79 Å². The number of carboxylic acid groups (broad SMARTS) is 1. The van der Waals surface area contributed by atoms with Crippen LogP contribution in [0.5, 0.6) is 0 Å². The summed E-state index contributed by atoms with van der Waals surface area (Å²) in [7, 11) is 0. The highest BCUT2D eigenvalue weighted by Gasteiger charge is 2.55. The Morgan fingerprint density at radius 3 is 2.54 bits per heavy atom. The van der Waals surface area contributed by atoms with Crippen molar-refractivity contribution in [2.75, 3.05) is 6.61 Å². The Hall–Kier alpha value is -1.95. The number of carbonyl (C=O) groups excluding carboxylic acids is 2. The van der Waals surface area contributed by atoms with E-state index in [9.17, 15) is 19.5 Å². The van der Waals surface area contributed by atoms with Gasteiger partial charge in [-0.3, -0.25) is 9.59 Å². The van der Waals surface area contributed by atoms with E-state index in [1.807, 2.05) is 0 Å². The lowest BCUT2D eigenvalue weighted by Gasteiger charge is -2.58. The summed E-state index contributed by atoms with van der Waals surface area (Å²) in [6.07, 6.45) is 6.87. The monoisotopic (exact) mass is 392 g/mol. The largest absolute Gasteiger partial charge is 0.478 e. The molecule has 0 aromatic heterocycles. The minimum atomic E-state index is -1.09. The molecule has 2 N–H and O–H groups in total. The Kier molecular flexibility index (Phi) is 6.86. The Balaban J connectivity index is 2.30. The van der Waals surface area contributed by atoms with Crippen molar-refractivity contribution >= 4 is 18.2 Å². The zero-order valence-electron chi connectivity index (χ0n) is 17.2. The molecule has 0 radical (unpaired) electrons. The molecule has 0 saturated heterocycles. The van der Waals surface area contributed by atoms with Crippen LogP contribution in [0.15, 0.2) is 23.3 Å². The number of carbonyl (C=O) groups is 3. The van der Waals surface area contributed by atoms with Gasteiger partial charge in [0.05, 0.1) is 6.10 Å². The summed E-state index contributed by atoms with van der Waals surface area (Å²) >= 11 is 0. The van der Waals surface area contributed by atoms with E-state index in [0.717, 1.165) is 31.6 Å². The number of hydrogen-bond acceptors (Lipinski definition) is 5. The van der Waals surface area contributed by atoms with Gasteiger partial charge in [-0.15, -0.1) is 0 Å². The van der Waals surface area contributed by atoms with Gasteiger partial charge in [0.25, 0.3) is 0 Å². The first kappa shape index (κ1) is 22.3. The first-order valence-electron chi connectivity index (χ1n) is 9.92. The molecule has 0 spiro atoms. The maximum absolute atomic E-state index is 11.8. The zero-order chi connectivity index (χ0) is 21.1. The molecule has 0 unspecified atom stereocenters. The average molecular weight is 392 g/mol. The van der Waals surface area contributed by atoms with Crippen LogP contribution in [0.4, 0.5) is 0 Å². The first-order chi connectivity index (χ1) is 13.0.